The summed E-state index contributed by atoms with van der Waals surface area (Å²) in [7, 11) is 0. The van der Waals surface area contributed by atoms with Gasteiger partial charge in [0.15, 0.2) is 0 Å². The Balaban J connectivity index is 1.87. The lowest BCUT2D eigenvalue weighted by Gasteiger charge is -2.09. The van der Waals surface area contributed by atoms with Gasteiger partial charge in [0.25, 0.3) is 5.91 Å². The minimum Gasteiger partial charge on any atom is -0.493 e. The molecule has 1 amide bonds. The summed E-state index contributed by atoms with van der Waals surface area (Å²) in [5.41, 5.74) is 6.58. The van der Waals surface area contributed by atoms with Crippen molar-refractivity contribution in [3.8, 4) is 5.75 Å². The first-order chi connectivity index (χ1) is 11.6. The second kappa shape index (κ2) is 8.72. The van der Waals surface area contributed by atoms with E-state index in [1.54, 1.807) is 6.21 Å². The molecular formula is C19H23N3O2. The smallest absolute Gasteiger partial charge is 0.259 e. The predicted molar refractivity (Wildman–Crippen MR) is 97.8 cm³/mol. The average Bonchev–Trinajstić information content (AvgIpc) is 2.56. The zero-order valence-corrected chi connectivity index (χ0v) is 14.3. The monoisotopic (exact) mass is 325 g/mol. The average molecular weight is 325 g/mol. The second-order valence-electron chi connectivity index (χ2n) is 5.44. The fourth-order valence-corrected chi connectivity index (χ4v) is 2.27. The molecule has 5 nitrogen and oxygen atoms in total. The van der Waals surface area contributed by atoms with Crippen LogP contribution in [0.3, 0.4) is 0 Å². The van der Waals surface area contributed by atoms with Crippen LogP contribution in [0, 0.1) is 13.8 Å². The lowest BCUT2D eigenvalue weighted by Crippen LogP contribution is -2.26. The fraction of sp³-hybridized carbons (Fsp3) is 0.263. The van der Waals surface area contributed by atoms with Crippen molar-refractivity contribution >= 4 is 17.8 Å². The summed E-state index contributed by atoms with van der Waals surface area (Å²) in [4.78, 5) is 11.9. The third kappa shape index (κ3) is 5.12. The van der Waals surface area contributed by atoms with E-state index in [1.807, 2.05) is 57.2 Å². The molecule has 0 unspecified atom stereocenters. The topological polar surface area (TPSA) is 62.7 Å². The molecule has 2 N–H and O–H groups in total. The first-order valence-electron chi connectivity index (χ1n) is 7.95. The molecule has 2 rings (SSSR count). The number of para-hydroxylation sites is 1. The number of amides is 1. The van der Waals surface area contributed by atoms with E-state index in [0.717, 1.165) is 22.6 Å². The molecule has 0 atom stereocenters. The number of nitrogens with zero attached hydrogens (tertiary/aromatic N) is 1. The van der Waals surface area contributed by atoms with Crippen LogP contribution in [0.1, 0.15) is 23.6 Å². The summed E-state index contributed by atoms with van der Waals surface area (Å²) >= 11 is 0. The number of benzene rings is 2. The Morgan fingerprint density at radius 3 is 2.75 bits per heavy atom. The van der Waals surface area contributed by atoms with Gasteiger partial charge in [-0.25, -0.2) is 5.43 Å². The Kier molecular flexibility index (Phi) is 6.37. The molecule has 0 radical (unpaired) electrons. The standard InChI is InChI=1S/C19H23N3O2/c1-4-24-18-8-6-5-7-16(18)12-21-22-19(23)13-20-17-10-9-14(2)11-15(17)3/h5-12,20H,4,13H2,1-3H3,(H,22,23)/b21-12-. The van der Waals surface area contributed by atoms with Crippen LogP contribution in [-0.4, -0.2) is 25.3 Å². The third-order valence-corrected chi connectivity index (χ3v) is 3.43. The minimum atomic E-state index is -0.208. The van der Waals surface area contributed by atoms with Gasteiger partial charge >= 0.3 is 0 Å². The van der Waals surface area contributed by atoms with Gasteiger partial charge in [0.05, 0.1) is 19.4 Å². The predicted octanol–water partition coefficient (Wildman–Crippen LogP) is 3.26. The van der Waals surface area contributed by atoms with Crippen molar-refractivity contribution in [1.82, 2.24) is 5.43 Å². The molecule has 2 aromatic carbocycles. The normalized spacial score (nSPS) is 10.6. The molecule has 0 saturated carbocycles. The van der Waals surface area contributed by atoms with Gasteiger partial charge in [-0.1, -0.05) is 29.8 Å². The van der Waals surface area contributed by atoms with Crippen LogP contribution in [0.25, 0.3) is 0 Å². The zero-order valence-electron chi connectivity index (χ0n) is 14.3. The maximum atomic E-state index is 11.9. The summed E-state index contributed by atoms with van der Waals surface area (Å²) < 4.78 is 5.51. The molecule has 126 valence electrons. The highest BCUT2D eigenvalue weighted by Crippen LogP contribution is 2.16. The van der Waals surface area contributed by atoms with Crippen LogP contribution >= 0.6 is 0 Å². The fourth-order valence-electron chi connectivity index (χ4n) is 2.27. The quantitative estimate of drug-likeness (QED) is 0.607. The van der Waals surface area contributed by atoms with Crippen molar-refractivity contribution < 1.29 is 9.53 Å². The number of hydrogen-bond acceptors (Lipinski definition) is 4. The largest absolute Gasteiger partial charge is 0.493 e. The zero-order chi connectivity index (χ0) is 17.4. The SMILES string of the molecule is CCOc1ccccc1/C=N\NC(=O)CNc1ccc(C)cc1C. The summed E-state index contributed by atoms with van der Waals surface area (Å²) in [5, 5.41) is 7.10. The Hall–Kier alpha value is -2.82. The summed E-state index contributed by atoms with van der Waals surface area (Å²) in [6.45, 7) is 6.72. The number of ether oxygens (including phenoxy) is 1. The number of carbonyl (C=O) groups is 1. The Labute approximate surface area is 142 Å². The van der Waals surface area contributed by atoms with Gasteiger partial charge in [-0.2, -0.15) is 5.10 Å². The van der Waals surface area contributed by atoms with E-state index >= 15 is 0 Å². The summed E-state index contributed by atoms with van der Waals surface area (Å²) in [5.74, 6) is 0.534. The van der Waals surface area contributed by atoms with Gasteiger partial charge in [-0.15, -0.1) is 0 Å². The maximum Gasteiger partial charge on any atom is 0.259 e. The van der Waals surface area contributed by atoms with Crippen molar-refractivity contribution in [2.75, 3.05) is 18.5 Å². The molecule has 0 bridgehead atoms. The van der Waals surface area contributed by atoms with Crippen molar-refractivity contribution in [2.45, 2.75) is 20.8 Å². The first-order valence-corrected chi connectivity index (χ1v) is 7.95. The van der Waals surface area contributed by atoms with Crippen LogP contribution in [0.15, 0.2) is 47.6 Å². The van der Waals surface area contributed by atoms with E-state index in [9.17, 15) is 4.79 Å². The van der Waals surface area contributed by atoms with Crippen LogP contribution in [0.5, 0.6) is 5.75 Å². The molecule has 0 heterocycles. The molecule has 0 spiro atoms. The van der Waals surface area contributed by atoms with Gasteiger partial charge in [0.2, 0.25) is 0 Å². The number of hydrazone groups is 1. The Morgan fingerprint density at radius 2 is 2.00 bits per heavy atom. The highest BCUT2D eigenvalue weighted by Gasteiger charge is 2.03. The number of aryl methyl sites for hydroxylation is 2. The van der Waals surface area contributed by atoms with Crippen molar-refractivity contribution in [2.24, 2.45) is 5.10 Å². The lowest BCUT2D eigenvalue weighted by molar-refractivity contribution is -0.119. The Morgan fingerprint density at radius 1 is 1.21 bits per heavy atom. The third-order valence-electron chi connectivity index (χ3n) is 3.43. The molecule has 0 aliphatic carbocycles. The molecule has 2 aromatic rings. The molecule has 0 saturated heterocycles. The number of nitrogens with one attached hydrogen (secondary N) is 2. The first kappa shape index (κ1) is 17.5. The highest BCUT2D eigenvalue weighted by molar-refractivity contribution is 5.86. The van der Waals surface area contributed by atoms with E-state index in [4.69, 9.17) is 4.74 Å². The van der Waals surface area contributed by atoms with Crippen molar-refractivity contribution in [1.29, 1.82) is 0 Å². The minimum absolute atomic E-state index is 0.161. The van der Waals surface area contributed by atoms with E-state index in [0.29, 0.717) is 6.61 Å². The molecule has 0 aliphatic rings. The van der Waals surface area contributed by atoms with E-state index in [2.05, 4.69) is 21.9 Å². The second-order valence-corrected chi connectivity index (χ2v) is 5.44. The van der Waals surface area contributed by atoms with Crippen LogP contribution < -0.4 is 15.5 Å². The van der Waals surface area contributed by atoms with Crippen LogP contribution in [0.4, 0.5) is 5.69 Å². The summed E-state index contributed by atoms with van der Waals surface area (Å²) in [6, 6.07) is 13.6. The van der Waals surface area contributed by atoms with E-state index < -0.39 is 0 Å². The summed E-state index contributed by atoms with van der Waals surface area (Å²) in [6.07, 6.45) is 1.58. The van der Waals surface area contributed by atoms with Crippen LogP contribution in [0.2, 0.25) is 0 Å². The molecular weight excluding hydrogens is 302 g/mol. The van der Waals surface area contributed by atoms with Gasteiger partial charge in [0, 0.05) is 11.3 Å². The molecule has 5 heteroatoms. The van der Waals surface area contributed by atoms with Gasteiger partial charge < -0.3 is 10.1 Å². The molecule has 24 heavy (non-hydrogen) atoms. The lowest BCUT2D eigenvalue weighted by atomic mass is 10.1. The van der Waals surface area contributed by atoms with Crippen molar-refractivity contribution in [3.05, 3.63) is 59.2 Å². The Bertz CT molecular complexity index is 726. The number of carbonyl (C=O) groups excluding carboxylic acids is 1. The van der Waals surface area contributed by atoms with E-state index in [1.165, 1.54) is 5.56 Å². The maximum absolute atomic E-state index is 11.9. The van der Waals surface area contributed by atoms with Gasteiger partial charge in [0.1, 0.15) is 5.75 Å². The molecule has 0 fully saturated rings. The number of hydrogen-bond donors (Lipinski definition) is 2. The van der Waals surface area contributed by atoms with E-state index in [-0.39, 0.29) is 12.5 Å². The number of rotatable bonds is 7. The molecule has 0 aliphatic heterocycles. The van der Waals surface area contributed by atoms with Gasteiger partial charge in [-0.3, -0.25) is 4.79 Å². The molecule has 0 aromatic heterocycles. The van der Waals surface area contributed by atoms with Gasteiger partial charge in [-0.05, 0) is 44.5 Å². The van der Waals surface area contributed by atoms with Crippen molar-refractivity contribution in [3.63, 3.8) is 0 Å². The highest BCUT2D eigenvalue weighted by atomic mass is 16.5. The number of anilines is 1. The van der Waals surface area contributed by atoms with Crippen LogP contribution in [-0.2, 0) is 4.79 Å².